The van der Waals surface area contributed by atoms with Crippen molar-refractivity contribution in [1.82, 2.24) is 5.32 Å². The molecule has 0 spiro atoms. The van der Waals surface area contributed by atoms with Gasteiger partial charge < -0.3 is 15.4 Å². The molecule has 0 bridgehead atoms. The molecule has 0 fully saturated rings. The summed E-state index contributed by atoms with van der Waals surface area (Å²) in [6.45, 7) is 0. The van der Waals surface area contributed by atoms with E-state index < -0.39 is 7.12 Å². The average molecular weight is 153 g/mol. The van der Waals surface area contributed by atoms with E-state index >= 15 is 0 Å². The highest BCUT2D eigenvalue weighted by molar-refractivity contribution is 6.44. The van der Waals surface area contributed by atoms with Gasteiger partial charge in [0.15, 0.2) is 0 Å². The number of likely N-dealkylation sites (N-methyl/N-ethyl adjacent to an activating group) is 1. The van der Waals surface area contributed by atoms with Crippen LogP contribution in [0.15, 0.2) is 23.9 Å². The third-order valence-electron chi connectivity index (χ3n) is 1.77. The van der Waals surface area contributed by atoms with Gasteiger partial charge in [-0.05, 0) is 12.5 Å². The average Bonchev–Trinajstić information content (AvgIpc) is 2.05. The SMILES string of the molecule is CNC1=CC(B(O)O)CC=C1. The van der Waals surface area contributed by atoms with Crippen molar-refractivity contribution in [3.05, 3.63) is 23.9 Å². The fourth-order valence-electron chi connectivity index (χ4n) is 1.08. The molecule has 0 heterocycles. The van der Waals surface area contributed by atoms with Crippen molar-refractivity contribution in [3.63, 3.8) is 0 Å². The summed E-state index contributed by atoms with van der Waals surface area (Å²) in [5, 5.41) is 20.6. The summed E-state index contributed by atoms with van der Waals surface area (Å²) in [6, 6.07) is 0. The summed E-state index contributed by atoms with van der Waals surface area (Å²) >= 11 is 0. The van der Waals surface area contributed by atoms with Crippen LogP contribution in [0.25, 0.3) is 0 Å². The summed E-state index contributed by atoms with van der Waals surface area (Å²) in [7, 11) is 0.561. The molecule has 60 valence electrons. The van der Waals surface area contributed by atoms with E-state index in [9.17, 15) is 0 Å². The fraction of sp³-hybridized carbons (Fsp3) is 0.429. The second-order valence-corrected chi connectivity index (χ2v) is 2.59. The van der Waals surface area contributed by atoms with E-state index in [2.05, 4.69) is 5.32 Å². The molecule has 1 rings (SSSR count). The molecule has 0 amide bonds. The third kappa shape index (κ3) is 2.10. The Morgan fingerprint density at radius 2 is 2.36 bits per heavy atom. The molecule has 3 nitrogen and oxygen atoms in total. The van der Waals surface area contributed by atoms with Gasteiger partial charge in [0, 0.05) is 18.6 Å². The highest BCUT2D eigenvalue weighted by atomic mass is 16.4. The van der Waals surface area contributed by atoms with Crippen molar-refractivity contribution in [3.8, 4) is 0 Å². The maximum absolute atomic E-state index is 8.84. The van der Waals surface area contributed by atoms with Crippen molar-refractivity contribution in [2.24, 2.45) is 0 Å². The van der Waals surface area contributed by atoms with Crippen LogP contribution in [0, 0.1) is 0 Å². The van der Waals surface area contributed by atoms with Crippen LogP contribution in [-0.4, -0.2) is 24.2 Å². The molecular formula is C7H12BNO2. The smallest absolute Gasteiger partial charge is 0.427 e. The highest BCUT2D eigenvalue weighted by Crippen LogP contribution is 2.21. The lowest BCUT2D eigenvalue weighted by Crippen LogP contribution is -2.21. The number of hydrogen-bond donors (Lipinski definition) is 3. The maximum atomic E-state index is 8.84. The standard InChI is InChI=1S/C7H12BNO2/c1-9-7-4-2-3-6(5-7)8(10)11/h2,4-6,9-11H,3H2,1H3. The minimum atomic E-state index is -1.25. The quantitative estimate of drug-likeness (QED) is 0.485. The van der Waals surface area contributed by atoms with Gasteiger partial charge in [0.1, 0.15) is 0 Å². The minimum absolute atomic E-state index is 0.164. The molecule has 0 aromatic heterocycles. The largest absolute Gasteiger partial charge is 0.459 e. The lowest BCUT2D eigenvalue weighted by Gasteiger charge is -2.14. The molecule has 0 aliphatic heterocycles. The van der Waals surface area contributed by atoms with Gasteiger partial charge in [-0.2, -0.15) is 0 Å². The minimum Gasteiger partial charge on any atom is -0.427 e. The lowest BCUT2D eigenvalue weighted by atomic mass is 9.69. The van der Waals surface area contributed by atoms with Crippen molar-refractivity contribution in [1.29, 1.82) is 0 Å². The van der Waals surface area contributed by atoms with Crippen LogP contribution < -0.4 is 5.32 Å². The first-order valence-corrected chi connectivity index (χ1v) is 3.66. The van der Waals surface area contributed by atoms with Crippen LogP contribution in [0.5, 0.6) is 0 Å². The zero-order chi connectivity index (χ0) is 8.27. The topological polar surface area (TPSA) is 52.5 Å². The molecule has 11 heavy (non-hydrogen) atoms. The van der Waals surface area contributed by atoms with Crippen molar-refractivity contribution < 1.29 is 10.0 Å². The Kier molecular flexibility index (Phi) is 2.73. The summed E-state index contributed by atoms with van der Waals surface area (Å²) in [5.41, 5.74) is 0.939. The molecule has 3 N–H and O–H groups in total. The molecule has 0 saturated carbocycles. The predicted octanol–water partition coefficient (Wildman–Crippen LogP) is -0.107. The Labute approximate surface area is 66.6 Å². The second-order valence-electron chi connectivity index (χ2n) is 2.59. The third-order valence-corrected chi connectivity index (χ3v) is 1.77. The van der Waals surface area contributed by atoms with Crippen LogP contribution in [-0.2, 0) is 0 Å². The van der Waals surface area contributed by atoms with Crippen molar-refractivity contribution in [2.45, 2.75) is 12.2 Å². The van der Waals surface area contributed by atoms with Gasteiger partial charge in [-0.25, -0.2) is 0 Å². The van der Waals surface area contributed by atoms with Crippen LogP contribution in [0.2, 0.25) is 5.82 Å². The number of rotatable bonds is 2. The van der Waals surface area contributed by atoms with E-state index in [1.54, 1.807) is 0 Å². The highest BCUT2D eigenvalue weighted by Gasteiger charge is 2.21. The van der Waals surface area contributed by atoms with Crippen molar-refractivity contribution >= 4 is 7.12 Å². The first-order valence-electron chi connectivity index (χ1n) is 3.66. The van der Waals surface area contributed by atoms with E-state index in [0.29, 0.717) is 6.42 Å². The van der Waals surface area contributed by atoms with E-state index in [1.807, 2.05) is 25.3 Å². The fourth-order valence-corrected chi connectivity index (χ4v) is 1.08. The van der Waals surface area contributed by atoms with Gasteiger partial charge in [-0.1, -0.05) is 12.2 Å². The summed E-state index contributed by atoms with van der Waals surface area (Å²) in [6.07, 6.45) is 6.38. The molecule has 0 radical (unpaired) electrons. The number of nitrogens with one attached hydrogen (secondary N) is 1. The molecule has 1 unspecified atom stereocenters. The van der Waals surface area contributed by atoms with Crippen LogP contribution >= 0.6 is 0 Å². The molecule has 1 atom stereocenters. The van der Waals surface area contributed by atoms with Gasteiger partial charge in [-0.3, -0.25) is 0 Å². The van der Waals surface area contributed by atoms with Gasteiger partial charge in [0.05, 0.1) is 0 Å². The van der Waals surface area contributed by atoms with Crippen molar-refractivity contribution in [2.75, 3.05) is 7.05 Å². The van der Waals surface area contributed by atoms with Crippen LogP contribution in [0.4, 0.5) is 0 Å². The summed E-state index contributed by atoms with van der Waals surface area (Å²) in [4.78, 5) is 0. The van der Waals surface area contributed by atoms with Crippen LogP contribution in [0.3, 0.4) is 0 Å². The molecule has 0 aromatic carbocycles. The molecular weight excluding hydrogens is 141 g/mol. The normalized spacial score (nSPS) is 22.8. The number of hydrogen-bond acceptors (Lipinski definition) is 3. The second kappa shape index (κ2) is 3.60. The molecule has 4 heteroatoms. The monoisotopic (exact) mass is 153 g/mol. The number of allylic oxidation sites excluding steroid dienone is 3. The maximum Gasteiger partial charge on any atom is 0.459 e. The van der Waals surface area contributed by atoms with E-state index in [0.717, 1.165) is 5.70 Å². The first-order chi connectivity index (χ1) is 5.24. The van der Waals surface area contributed by atoms with Crippen LogP contribution in [0.1, 0.15) is 6.42 Å². The van der Waals surface area contributed by atoms with Gasteiger partial charge >= 0.3 is 7.12 Å². The molecule has 0 saturated heterocycles. The Bertz CT molecular complexity index is 189. The molecule has 1 aliphatic rings. The first kappa shape index (κ1) is 8.36. The lowest BCUT2D eigenvalue weighted by molar-refractivity contribution is 0.393. The Morgan fingerprint density at radius 3 is 2.91 bits per heavy atom. The van der Waals surface area contributed by atoms with Gasteiger partial charge in [-0.15, -0.1) is 0 Å². The zero-order valence-corrected chi connectivity index (χ0v) is 6.49. The summed E-state index contributed by atoms with van der Waals surface area (Å²) < 4.78 is 0. The molecule has 1 aliphatic carbocycles. The van der Waals surface area contributed by atoms with Gasteiger partial charge in [0.25, 0.3) is 0 Å². The zero-order valence-electron chi connectivity index (χ0n) is 6.49. The Balaban J connectivity index is 2.61. The van der Waals surface area contributed by atoms with E-state index in [4.69, 9.17) is 10.0 Å². The Hall–Kier alpha value is -0.735. The van der Waals surface area contributed by atoms with Gasteiger partial charge in [0.2, 0.25) is 0 Å². The summed E-state index contributed by atoms with van der Waals surface area (Å²) in [5.74, 6) is -0.164. The Morgan fingerprint density at radius 1 is 1.64 bits per heavy atom. The predicted molar refractivity (Wildman–Crippen MR) is 44.8 cm³/mol. The van der Waals surface area contributed by atoms with E-state index in [1.165, 1.54) is 0 Å². The van der Waals surface area contributed by atoms with E-state index in [-0.39, 0.29) is 5.82 Å². The molecule has 0 aromatic rings.